The third-order valence-corrected chi connectivity index (χ3v) is 7.35. The van der Waals surface area contributed by atoms with Crippen LogP contribution in [0.25, 0.3) is 0 Å². The number of quaternary nitrogens is 1. The number of carbonyl (C=O) groups is 1. The van der Waals surface area contributed by atoms with Crippen LogP contribution >= 0.6 is 11.6 Å². The first-order valence-corrected chi connectivity index (χ1v) is 11.0. The second-order valence-electron chi connectivity index (χ2n) is 7.13. The smallest absolute Gasteiger partial charge is 0.279 e. The van der Waals surface area contributed by atoms with E-state index in [4.69, 9.17) is 11.6 Å². The van der Waals surface area contributed by atoms with Gasteiger partial charge in [0.05, 0.1) is 31.2 Å². The second kappa shape index (κ2) is 8.61. The predicted octanol–water partition coefficient (Wildman–Crippen LogP) is 1.48. The second-order valence-corrected chi connectivity index (χ2v) is 9.44. The van der Waals surface area contributed by atoms with Crippen LogP contribution in [0.2, 0.25) is 5.02 Å². The Morgan fingerprint density at radius 2 is 1.82 bits per heavy atom. The summed E-state index contributed by atoms with van der Waals surface area (Å²) in [5, 5.41) is 3.18. The van der Waals surface area contributed by atoms with Gasteiger partial charge in [-0.2, -0.15) is 4.31 Å². The number of aryl methyl sites for hydroxylation is 2. The van der Waals surface area contributed by atoms with Crippen LogP contribution in [0, 0.1) is 13.8 Å². The normalized spacial score (nSPS) is 16.1. The first-order valence-electron chi connectivity index (χ1n) is 9.23. The maximum absolute atomic E-state index is 12.8. The number of hydrogen-bond acceptors (Lipinski definition) is 3. The van der Waals surface area contributed by atoms with Crippen molar-refractivity contribution in [1.82, 2.24) is 4.31 Å². The molecule has 2 aromatic carbocycles. The molecule has 0 unspecified atom stereocenters. The first kappa shape index (κ1) is 20.8. The standard InChI is InChI=1S/C20H24ClN3O3S/c1-15-7-8-18(16(2)13-15)22-20(25)14-23-9-11-24(12-10-23)28(26,27)19-6-4-3-5-17(19)21/h3-8,13H,9-12,14H2,1-2H3,(H,22,25)/p+1. The number of nitrogens with one attached hydrogen (secondary N) is 2. The Morgan fingerprint density at radius 1 is 1.14 bits per heavy atom. The lowest BCUT2D eigenvalue weighted by Crippen LogP contribution is -3.15. The Hall–Kier alpha value is -1.93. The Bertz CT molecular complexity index is 970. The van der Waals surface area contributed by atoms with E-state index in [1.54, 1.807) is 18.2 Å². The summed E-state index contributed by atoms with van der Waals surface area (Å²) in [6.07, 6.45) is 0. The van der Waals surface area contributed by atoms with Gasteiger partial charge >= 0.3 is 0 Å². The molecule has 1 aliphatic heterocycles. The number of hydrogen-bond donors (Lipinski definition) is 2. The number of benzene rings is 2. The largest absolute Gasteiger partial charge is 0.325 e. The maximum atomic E-state index is 12.8. The highest BCUT2D eigenvalue weighted by Crippen LogP contribution is 2.24. The van der Waals surface area contributed by atoms with Gasteiger partial charge in [0, 0.05) is 5.69 Å². The Balaban J connectivity index is 1.57. The van der Waals surface area contributed by atoms with Crippen molar-refractivity contribution >= 4 is 33.2 Å². The topological polar surface area (TPSA) is 70.9 Å². The van der Waals surface area contributed by atoms with Crippen molar-refractivity contribution in [3.63, 3.8) is 0 Å². The highest BCUT2D eigenvalue weighted by Gasteiger charge is 2.32. The summed E-state index contributed by atoms with van der Waals surface area (Å²) in [6, 6.07) is 12.4. The third kappa shape index (κ3) is 4.72. The Kier molecular flexibility index (Phi) is 6.40. The zero-order valence-corrected chi connectivity index (χ0v) is 17.6. The van der Waals surface area contributed by atoms with Gasteiger partial charge in [-0.15, -0.1) is 0 Å². The van der Waals surface area contributed by atoms with Crippen LogP contribution in [-0.4, -0.2) is 51.4 Å². The quantitative estimate of drug-likeness (QED) is 0.766. The molecule has 1 heterocycles. The van der Waals surface area contributed by atoms with E-state index in [1.807, 2.05) is 32.0 Å². The molecule has 0 saturated carbocycles. The molecule has 2 aromatic rings. The number of sulfonamides is 1. The van der Waals surface area contributed by atoms with Crippen LogP contribution in [0.4, 0.5) is 5.69 Å². The van der Waals surface area contributed by atoms with Crippen molar-refractivity contribution < 1.29 is 18.1 Å². The van der Waals surface area contributed by atoms with Crippen LogP contribution in [0.5, 0.6) is 0 Å². The maximum Gasteiger partial charge on any atom is 0.279 e. The van der Waals surface area contributed by atoms with E-state index in [0.29, 0.717) is 32.7 Å². The molecule has 8 heteroatoms. The van der Waals surface area contributed by atoms with Crippen molar-refractivity contribution in [2.75, 3.05) is 38.0 Å². The van der Waals surface area contributed by atoms with Gasteiger partial charge in [0.15, 0.2) is 6.54 Å². The molecule has 0 aliphatic carbocycles. The number of halogens is 1. The molecular weight excluding hydrogens is 398 g/mol. The summed E-state index contributed by atoms with van der Waals surface area (Å²) >= 11 is 6.06. The van der Waals surface area contributed by atoms with Gasteiger partial charge in [-0.25, -0.2) is 8.42 Å². The van der Waals surface area contributed by atoms with E-state index in [0.717, 1.165) is 21.7 Å². The van der Waals surface area contributed by atoms with Gasteiger partial charge < -0.3 is 10.2 Å². The molecule has 0 bridgehead atoms. The molecule has 150 valence electrons. The number of nitrogens with zero attached hydrogens (tertiary/aromatic N) is 1. The van der Waals surface area contributed by atoms with Crippen LogP contribution in [0.15, 0.2) is 47.4 Å². The van der Waals surface area contributed by atoms with E-state index in [-0.39, 0.29) is 15.8 Å². The molecule has 1 aliphatic rings. The highest BCUT2D eigenvalue weighted by molar-refractivity contribution is 7.89. The van der Waals surface area contributed by atoms with Gasteiger partial charge in [0.1, 0.15) is 4.90 Å². The minimum atomic E-state index is -3.62. The minimum Gasteiger partial charge on any atom is -0.325 e. The van der Waals surface area contributed by atoms with Crippen molar-refractivity contribution in [2.24, 2.45) is 0 Å². The van der Waals surface area contributed by atoms with Crippen molar-refractivity contribution in [3.05, 3.63) is 58.6 Å². The van der Waals surface area contributed by atoms with Crippen LogP contribution in [0.1, 0.15) is 11.1 Å². The monoisotopic (exact) mass is 422 g/mol. The number of carbonyl (C=O) groups excluding carboxylic acids is 1. The summed E-state index contributed by atoms with van der Waals surface area (Å²) in [5.41, 5.74) is 2.99. The third-order valence-electron chi connectivity index (χ3n) is 4.95. The molecule has 1 saturated heterocycles. The van der Waals surface area contributed by atoms with Gasteiger partial charge in [-0.3, -0.25) is 4.79 Å². The average Bonchev–Trinajstić information content (AvgIpc) is 2.65. The van der Waals surface area contributed by atoms with Gasteiger partial charge in [0.2, 0.25) is 10.0 Å². The number of piperazine rings is 1. The fraction of sp³-hybridized carbons (Fsp3) is 0.350. The van der Waals surface area contributed by atoms with Gasteiger partial charge in [-0.05, 0) is 37.6 Å². The molecule has 3 rings (SSSR count). The minimum absolute atomic E-state index is 0.0654. The molecule has 1 fully saturated rings. The van der Waals surface area contributed by atoms with E-state index < -0.39 is 10.0 Å². The number of rotatable bonds is 5. The van der Waals surface area contributed by atoms with Crippen LogP contribution < -0.4 is 10.2 Å². The molecule has 28 heavy (non-hydrogen) atoms. The zero-order chi connectivity index (χ0) is 20.3. The SMILES string of the molecule is Cc1ccc(NC(=O)C[NH+]2CCN(S(=O)(=O)c3ccccc3Cl)CC2)c(C)c1. The summed E-state index contributed by atoms with van der Waals surface area (Å²) in [6.45, 7) is 6.16. The van der Waals surface area contributed by atoms with E-state index in [1.165, 1.54) is 10.4 Å². The lowest BCUT2D eigenvalue weighted by molar-refractivity contribution is -0.895. The fourth-order valence-electron chi connectivity index (χ4n) is 3.39. The zero-order valence-electron chi connectivity index (χ0n) is 16.0. The number of anilines is 1. The van der Waals surface area contributed by atoms with E-state index in [9.17, 15) is 13.2 Å². The molecule has 0 aromatic heterocycles. The van der Waals surface area contributed by atoms with E-state index in [2.05, 4.69) is 5.32 Å². The fourth-order valence-corrected chi connectivity index (χ4v) is 5.32. The summed E-state index contributed by atoms with van der Waals surface area (Å²) in [5.74, 6) is -0.0654. The van der Waals surface area contributed by atoms with Crippen LogP contribution in [0.3, 0.4) is 0 Å². The van der Waals surface area contributed by atoms with Gasteiger partial charge in [0.25, 0.3) is 5.91 Å². The van der Waals surface area contributed by atoms with Crippen molar-refractivity contribution in [3.8, 4) is 0 Å². The lowest BCUT2D eigenvalue weighted by Gasteiger charge is -2.31. The molecule has 1 amide bonds. The summed E-state index contributed by atoms with van der Waals surface area (Å²) in [4.78, 5) is 13.6. The number of amides is 1. The van der Waals surface area contributed by atoms with Gasteiger partial charge in [-0.1, -0.05) is 41.4 Å². The van der Waals surface area contributed by atoms with Crippen molar-refractivity contribution in [1.29, 1.82) is 0 Å². The summed E-state index contributed by atoms with van der Waals surface area (Å²) < 4.78 is 27.0. The molecule has 2 N–H and O–H groups in total. The van der Waals surface area contributed by atoms with E-state index >= 15 is 0 Å². The molecular formula is C20H25ClN3O3S+. The highest BCUT2D eigenvalue weighted by atomic mass is 35.5. The molecule has 0 spiro atoms. The Labute approximate surface area is 171 Å². The first-order chi connectivity index (χ1) is 13.3. The molecule has 0 atom stereocenters. The molecule has 6 nitrogen and oxygen atoms in total. The van der Waals surface area contributed by atoms with Crippen molar-refractivity contribution in [2.45, 2.75) is 18.7 Å². The van der Waals surface area contributed by atoms with Crippen LogP contribution in [-0.2, 0) is 14.8 Å². The Morgan fingerprint density at radius 3 is 2.46 bits per heavy atom. The molecule has 0 radical (unpaired) electrons. The lowest BCUT2D eigenvalue weighted by atomic mass is 10.1. The average molecular weight is 423 g/mol. The summed E-state index contributed by atoms with van der Waals surface area (Å²) in [7, 11) is -3.62. The predicted molar refractivity (Wildman–Crippen MR) is 110 cm³/mol.